The van der Waals surface area contributed by atoms with Gasteiger partial charge in [0.05, 0.1) is 25.2 Å². The van der Waals surface area contributed by atoms with E-state index in [1.807, 2.05) is 0 Å². The van der Waals surface area contributed by atoms with Crippen LogP contribution in [0.25, 0.3) is 0 Å². The summed E-state index contributed by atoms with van der Waals surface area (Å²) in [6.45, 7) is 0.138. The van der Waals surface area contributed by atoms with Gasteiger partial charge in [-0.25, -0.2) is 4.57 Å². The Morgan fingerprint density at radius 2 is 1.55 bits per heavy atom. The van der Waals surface area contributed by atoms with Gasteiger partial charge >= 0.3 is 14.5 Å². The van der Waals surface area contributed by atoms with E-state index >= 15 is 0 Å². The Morgan fingerprint density at radius 1 is 1.05 bits per heavy atom. The van der Waals surface area contributed by atoms with Crippen molar-refractivity contribution in [2.45, 2.75) is 31.5 Å². The Hall–Kier alpha value is 1.46. The first-order valence-corrected chi connectivity index (χ1v) is 11.8. The molecule has 0 aliphatic carbocycles. The quantitative estimate of drug-likeness (QED) is 0.298. The maximum Gasteiger partial charge on any atom is 0.425 e. The van der Waals surface area contributed by atoms with Crippen LogP contribution >= 0.6 is 60.6 Å². The molecular formula is C10H20Cl4O6P2. The van der Waals surface area contributed by atoms with Crippen molar-refractivity contribution in [2.75, 3.05) is 31.6 Å². The molecule has 0 aromatic carbocycles. The highest BCUT2D eigenvalue weighted by Crippen LogP contribution is 2.68. The SMILES string of the molecule is CC(Cl)COP(=O)(OCCCl)C(C)(C)OP(=O)(Cl)OCCCl. The number of halogens is 4. The summed E-state index contributed by atoms with van der Waals surface area (Å²) in [5, 5.41) is -2.06. The van der Waals surface area contributed by atoms with Crippen molar-refractivity contribution in [1.29, 1.82) is 0 Å². The highest BCUT2D eigenvalue weighted by atomic mass is 35.7. The molecule has 0 saturated heterocycles. The molecule has 0 aromatic heterocycles. The molecule has 0 rings (SSSR count). The summed E-state index contributed by atoms with van der Waals surface area (Å²) < 4.78 is 45.4. The summed E-state index contributed by atoms with van der Waals surface area (Å²) in [5.74, 6) is 0.155. The minimum absolute atomic E-state index is 0.0581. The molecule has 0 radical (unpaired) electrons. The second-order valence-electron chi connectivity index (χ2n) is 4.59. The summed E-state index contributed by atoms with van der Waals surface area (Å²) in [6, 6.07) is 0. The standard InChI is InChI=1S/C10H20Cl4O6P2/c1-9(13)8-19-21(15,17-6-4-11)10(2,3)20-22(14,16)18-7-5-12/h9H,4-8H2,1-3H3. The molecule has 3 unspecified atom stereocenters. The van der Waals surface area contributed by atoms with Crippen LogP contribution in [-0.2, 0) is 27.2 Å². The molecule has 0 spiro atoms. The van der Waals surface area contributed by atoms with Gasteiger partial charge in [0.1, 0.15) is 0 Å². The van der Waals surface area contributed by atoms with Gasteiger partial charge in [-0.05, 0) is 20.8 Å². The topological polar surface area (TPSA) is 71.1 Å². The van der Waals surface area contributed by atoms with E-state index in [9.17, 15) is 9.13 Å². The second kappa shape index (κ2) is 10.5. The zero-order valence-electron chi connectivity index (χ0n) is 12.5. The Morgan fingerprint density at radius 3 is 2.00 bits per heavy atom. The van der Waals surface area contributed by atoms with Crippen molar-refractivity contribution in [3.05, 3.63) is 0 Å². The van der Waals surface area contributed by atoms with Crippen molar-refractivity contribution < 1.29 is 27.2 Å². The van der Waals surface area contributed by atoms with Gasteiger partial charge in [0, 0.05) is 23.0 Å². The third-order valence-electron chi connectivity index (χ3n) is 2.13. The molecule has 12 heteroatoms. The lowest BCUT2D eigenvalue weighted by Crippen LogP contribution is -2.27. The molecule has 3 atom stereocenters. The molecule has 0 heterocycles. The van der Waals surface area contributed by atoms with E-state index in [0.717, 1.165) is 0 Å². The fraction of sp³-hybridized carbons (Fsp3) is 1.00. The molecule has 134 valence electrons. The normalized spacial score (nSPS) is 19.4. The van der Waals surface area contributed by atoms with E-state index in [2.05, 4.69) is 0 Å². The lowest BCUT2D eigenvalue weighted by atomic mass is 10.5. The second-order valence-corrected chi connectivity index (χ2v) is 11.2. The lowest BCUT2D eigenvalue weighted by molar-refractivity contribution is 0.0973. The van der Waals surface area contributed by atoms with Gasteiger partial charge in [-0.15, -0.1) is 34.8 Å². The molecule has 0 aromatic rings. The van der Waals surface area contributed by atoms with E-state index in [1.165, 1.54) is 13.8 Å². The van der Waals surface area contributed by atoms with Crippen molar-refractivity contribution in [2.24, 2.45) is 0 Å². The van der Waals surface area contributed by atoms with Gasteiger partial charge in [-0.2, -0.15) is 0 Å². The first-order valence-electron chi connectivity index (χ1n) is 6.30. The molecule has 0 aliphatic heterocycles. The van der Waals surface area contributed by atoms with Gasteiger partial charge in [-0.1, -0.05) is 0 Å². The maximum atomic E-state index is 12.9. The van der Waals surface area contributed by atoms with Crippen LogP contribution in [0.15, 0.2) is 0 Å². The van der Waals surface area contributed by atoms with Crippen molar-refractivity contribution in [3.63, 3.8) is 0 Å². The van der Waals surface area contributed by atoms with Gasteiger partial charge in [0.25, 0.3) is 0 Å². The number of hydrogen-bond acceptors (Lipinski definition) is 6. The molecule has 0 fully saturated rings. The van der Waals surface area contributed by atoms with E-state index in [-0.39, 0.29) is 31.6 Å². The predicted molar refractivity (Wildman–Crippen MR) is 90.8 cm³/mol. The average Bonchev–Trinajstić information content (AvgIpc) is 2.39. The highest BCUT2D eigenvalue weighted by molar-refractivity contribution is 7.81. The fourth-order valence-corrected chi connectivity index (χ4v) is 5.65. The van der Waals surface area contributed by atoms with Crippen LogP contribution in [0.5, 0.6) is 0 Å². The summed E-state index contributed by atoms with van der Waals surface area (Å²) in [5.41, 5.74) is 0. The average molecular weight is 440 g/mol. The van der Waals surface area contributed by atoms with Gasteiger partial charge < -0.3 is 9.05 Å². The molecule has 0 bridgehead atoms. The van der Waals surface area contributed by atoms with Crippen LogP contribution in [-0.4, -0.2) is 42.3 Å². The van der Waals surface area contributed by atoms with Crippen LogP contribution in [0.2, 0.25) is 0 Å². The first kappa shape index (κ1) is 23.5. The molecule has 0 N–H and O–H groups in total. The zero-order valence-corrected chi connectivity index (χ0v) is 17.3. The molecule has 6 nitrogen and oxygen atoms in total. The molecule has 0 aliphatic rings. The predicted octanol–water partition coefficient (Wildman–Crippen LogP) is 5.43. The third kappa shape index (κ3) is 8.53. The lowest BCUT2D eigenvalue weighted by Gasteiger charge is -2.33. The van der Waals surface area contributed by atoms with Crippen molar-refractivity contribution in [3.8, 4) is 0 Å². The Labute approximate surface area is 150 Å². The summed E-state index contributed by atoms with van der Waals surface area (Å²) in [4.78, 5) is 0. The number of hydrogen-bond donors (Lipinski definition) is 0. The molecule has 0 saturated carbocycles. The van der Waals surface area contributed by atoms with Crippen LogP contribution in [0.3, 0.4) is 0 Å². The Balaban J connectivity index is 5.14. The number of rotatable bonds is 12. The first-order chi connectivity index (χ1) is 9.99. The number of alkyl halides is 3. The van der Waals surface area contributed by atoms with Crippen LogP contribution in [0.1, 0.15) is 20.8 Å². The fourth-order valence-electron chi connectivity index (χ4n) is 1.19. The monoisotopic (exact) mass is 438 g/mol. The summed E-state index contributed by atoms with van der Waals surface area (Å²) in [7, 11) is -3.88. The highest BCUT2D eigenvalue weighted by Gasteiger charge is 2.49. The van der Waals surface area contributed by atoms with Gasteiger partial charge in [-0.3, -0.25) is 13.6 Å². The van der Waals surface area contributed by atoms with Crippen molar-refractivity contribution >= 4 is 60.6 Å². The Kier molecular flexibility index (Phi) is 11.1. The Bertz CT molecular complexity index is 420. The van der Waals surface area contributed by atoms with Crippen molar-refractivity contribution in [1.82, 2.24) is 0 Å². The van der Waals surface area contributed by atoms with Gasteiger partial charge in [0.2, 0.25) is 0 Å². The van der Waals surface area contributed by atoms with E-state index in [1.54, 1.807) is 6.92 Å². The molecule has 0 amide bonds. The minimum atomic E-state index is -4.02. The van der Waals surface area contributed by atoms with E-state index < -0.39 is 25.3 Å². The molecule has 22 heavy (non-hydrogen) atoms. The van der Waals surface area contributed by atoms with Gasteiger partial charge in [0.15, 0.2) is 5.34 Å². The molecular weight excluding hydrogens is 420 g/mol. The van der Waals surface area contributed by atoms with E-state index in [0.29, 0.717) is 0 Å². The summed E-state index contributed by atoms with van der Waals surface area (Å²) >= 11 is 22.4. The largest absolute Gasteiger partial charge is 0.425 e. The third-order valence-corrected chi connectivity index (χ3v) is 6.79. The minimum Gasteiger partial charge on any atom is -0.305 e. The van der Waals surface area contributed by atoms with Crippen LogP contribution < -0.4 is 0 Å². The van der Waals surface area contributed by atoms with Crippen LogP contribution in [0, 0.1) is 0 Å². The van der Waals surface area contributed by atoms with Crippen LogP contribution in [0.4, 0.5) is 0 Å². The smallest absolute Gasteiger partial charge is 0.305 e. The zero-order chi connectivity index (χ0) is 17.4. The van der Waals surface area contributed by atoms with E-state index in [4.69, 9.17) is 64.1 Å². The maximum absolute atomic E-state index is 12.9. The summed E-state index contributed by atoms with van der Waals surface area (Å²) in [6.07, 6.45) is 0.